The molecular formula is C5H9ClN4O3. The zero-order chi connectivity index (χ0) is 10.3. The second-order valence-corrected chi connectivity index (χ2v) is 2.41. The van der Waals surface area contributed by atoms with Crippen molar-refractivity contribution in [3.8, 4) is 0 Å². The molecule has 74 valence electrons. The highest BCUT2D eigenvalue weighted by atomic mass is 35.5. The van der Waals surface area contributed by atoms with Crippen molar-refractivity contribution in [2.45, 2.75) is 0 Å². The predicted molar refractivity (Wildman–Crippen MR) is 45.6 cm³/mol. The van der Waals surface area contributed by atoms with E-state index in [2.05, 4.69) is 10.7 Å². The molecule has 0 fully saturated rings. The van der Waals surface area contributed by atoms with Crippen LogP contribution < -0.4 is 5.43 Å². The number of hydrogen-bond donors (Lipinski definition) is 1. The molecule has 0 radical (unpaired) electrons. The number of nitroso groups, excluding NO2 is 1. The molecule has 8 heteroatoms. The number of carbonyl (C=O) groups is 2. The molecule has 0 aromatic carbocycles. The molecule has 13 heavy (non-hydrogen) atoms. The average Bonchev–Trinajstić information content (AvgIpc) is 2.13. The van der Waals surface area contributed by atoms with Crippen molar-refractivity contribution < 1.29 is 9.59 Å². The topological polar surface area (TPSA) is 82.1 Å². The van der Waals surface area contributed by atoms with Crippen LogP contribution in [-0.4, -0.2) is 41.9 Å². The summed E-state index contributed by atoms with van der Waals surface area (Å²) >= 11 is 5.29. The van der Waals surface area contributed by atoms with Gasteiger partial charge in [0.05, 0.1) is 11.8 Å². The number of nitrogens with zero attached hydrogens (tertiary/aromatic N) is 3. The van der Waals surface area contributed by atoms with E-state index in [0.717, 1.165) is 5.01 Å². The average molecular weight is 209 g/mol. The van der Waals surface area contributed by atoms with Crippen LogP contribution in [0, 0.1) is 4.91 Å². The number of hydrazine groups is 1. The highest BCUT2D eigenvalue weighted by molar-refractivity contribution is 6.18. The third-order valence-electron chi connectivity index (χ3n) is 1.06. The molecule has 0 saturated carbocycles. The summed E-state index contributed by atoms with van der Waals surface area (Å²) < 4.78 is 0. The Morgan fingerprint density at radius 3 is 2.69 bits per heavy atom. The highest BCUT2D eigenvalue weighted by Gasteiger charge is 2.13. The van der Waals surface area contributed by atoms with Crippen molar-refractivity contribution in [2.75, 3.05) is 19.5 Å². The van der Waals surface area contributed by atoms with Crippen molar-refractivity contribution in [1.82, 2.24) is 15.4 Å². The second kappa shape index (κ2) is 6.18. The maximum atomic E-state index is 11.0. The molecule has 0 rings (SSSR count). The zero-order valence-electron chi connectivity index (χ0n) is 6.94. The molecule has 0 atom stereocenters. The normalized spacial score (nSPS) is 8.77. The lowest BCUT2D eigenvalue weighted by molar-refractivity contribution is -0.118. The fraction of sp³-hybridized carbons (Fsp3) is 0.600. The number of rotatable bonds is 5. The van der Waals surface area contributed by atoms with E-state index in [9.17, 15) is 14.5 Å². The summed E-state index contributed by atoms with van der Waals surface area (Å²) in [6.45, 7) is -0.0103. The third kappa shape index (κ3) is 4.26. The maximum Gasteiger partial charge on any atom is 0.359 e. The highest BCUT2D eigenvalue weighted by Crippen LogP contribution is 1.91. The fourth-order valence-corrected chi connectivity index (χ4v) is 0.655. The lowest BCUT2D eigenvalue weighted by Gasteiger charge is -2.16. The number of hydrogen-bond acceptors (Lipinski definition) is 4. The third-order valence-corrected chi connectivity index (χ3v) is 1.23. The van der Waals surface area contributed by atoms with Gasteiger partial charge in [0.2, 0.25) is 6.41 Å². The summed E-state index contributed by atoms with van der Waals surface area (Å²) in [6.07, 6.45) is 0.377. The lowest BCUT2D eigenvalue weighted by Crippen LogP contribution is -2.45. The number of alkyl halides is 1. The van der Waals surface area contributed by atoms with Crippen LogP contribution in [0.15, 0.2) is 5.29 Å². The van der Waals surface area contributed by atoms with Gasteiger partial charge in [0.25, 0.3) is 0 Å². The minimum Gasteiger partial charge on any atom is -0.277 e. The number of halogens is 1. The van der Waals surface area contributed by atoms with E-state index in [1.54, 1.807) is 0 Å². The van der Waals surface area contributed by atoms with Crippen molar-refractivity contribution in [3.05, 3.63) is 4.91 Å². The summed E-state index contributed by atoms with van der Waals surface area (Å²) in [4.78, 5) is 31.1. The Bertz CT molecular complexity index is 200. The molecule has 7 nitrogen and oxygen atoms in total. The van der Waals surface area contributed by atoms with E-state index in [0.29, 0.717) is 11.4 Å². The van der Waals surface area contributed by atoms with Crippen LogP contribution in [0.4, 0.5) is 4.79 Å². The van der Waals surface area contributed by atoms with Gasteiger partial charge in [-0.2, -0.15) is 5.01 Å². The van der Waals surface area contributed by atoms with Crippen LogP contribution in [0.5, 0.6) is 0 Å². The van der Waals surface area contributed by atoms with E-state index >= 15 is 0 Å². The standard InChI is InChI=1S/C5H9ClN4O3/c1-9(4-11)7-5(12)10(8-13)3-2-6/h4H,2-3H2,1H3,(H,7,12). The Labute approximate surface area is 79.5 Å². The minimum atomic E-state index is -0.801. The number of amides is 3. The first-order chi connectivity index (χ1) is 6.15. The quantitative estimate of drug-likeness (QED) is 0.297. The monoisotopic (exact) mass is 208 g/mol. The summed E-state index contributed by atoms with van der Waals surface area (Å²) in [5, 5.41) is 3.84. The minimum absolute atomic E-state index is 0.0103. The van der Waals surface area contributed by atoms with Gasteiger partial charge in [-0.05, 0) is 0 Å². The number of carbonyl (C=O) groups excluding carboxylic acids is 2. The van der Waals surface area contributed by atoms with Crippen LogP contribution in [0.1, 0.15) is 0 Å². The maximum absolute atomic E-state index is 11.0. The van der Waals surface area contributed by atoms with Crippen LogP contribution >= 0.6 is 11.6 Å². The SMILES string of the molecule is CN(C=O)NC(=O)N(CCCl)N=O. The molecule has 0 heterocycles. The summed E-state index contributed by atoms with van der Waals surface area (Å²) in [7, 11) is 1.31. The number of nitrogens with one attached hydrogen (secondary N) is 1. The van der Waals surface area contributed by atoms with Gasteiger partial charge in [-0.25, -0.2) is 10.2 Å². The van der Waals surface area contributed by atoms with Gasteiger partial charge in [-0.3, -0.25) is 9.80 Å². The van der Waals surface area contributed by atoms with Gasteiger partial charge >= 0.3 is 6.03 Å². The lowest BCUT2D eigenvalue weighted by atomic mass is 10.7. The first-order valence-corrected chi connectivity index (χ1v) is 3.84. The summed E-state index contributed by atoms with van der Waals surface area (Å²) in [5.74, 6) is 0.0873. The van der Waals surface area contributed by atoms with Crippen molar-refractivity contribution in [3.63, 3.8) is 0 Å². The Kier molecular flexibility index (Phi) is 5.53. The van der Waals surface area contributed by atoms with Crippen LogP contribution in [-0.2, 0) is 4.79 Å². The van der Waals surface area contributed by atoms with E-state index in [-0.39, 0.29) is 12.4 Å². The Morgan fingerprint density at radius 1 is 1.69 bits per heavy atom. The first kappa shape index (κ1) is 11.6. The van der Waals surface area contributed by atoms with Gasteiger partial charge in [-0.1, -0.05) is 0 Å². The molecule has 0 bridgehead atoms. The molecule has 3 amide bonds. The van der Waals surface area contributed by atoms with Gasteiger partial charge < -0.3 is 0 Å². The van der Waals surface area contributed by atoms with E-state index in [4.69, 9.17) is 11.6 Å². The molecule has 0 aliphatic carbocycles. The molecular weight excluding hydrogens is 200 g/mol. The Morgan fingerprint density at radius 2 is 2.31 bits per heavy atom. The first-order valence-electron chi connectivity index (χ1n) is 3.31. The smallest absolute Gasteiger partial charge is 0.277 e. The van der Waals surface area contributed by atoms with E-state index in [1.165, 1.54) is 7.05 Å². The Balaban J connectivity index is 4.04. The molecule has 0 aromatic rings. The summed E-state index contributed by atoms with van der Waals surface area (Å²) in [5.41, 5.74) is 2.07. The van der Waals surface area contributed by atoms with Gasteiger partial charge in [-0.15, -0.1) is 16.5 Å². The fourth-order valence-electron chi connectivity index (χ4n) is 0.494. The van der Waals surface area contributed by atoms with E-state index < -0.39 is 6.03 Å². The van der Waals surface area contributed by atoms with Crippen molar-refractivity contribution in [1.29, 1.82) is 0 Å². The van der Waals surface area contributed by atoms with E-state index in [1.807, 2.05) is 0 Å². The molecule has 1 N–H and O–H groups in total. The van der Waals surface area contributed by atoms with Crippen molar-refractivity contribution >= 4 is 24.0 Å². The van der Waals surface area contributed by atoms with Crippen LogP contribution in [0.2, 0.25) is 0 Å². The number of urea groups is 1. The Hall–Kier alpha value is -1.37. The van der Waals surface area contributed by atoms with Gasteiger partial charge in [0.15, 0.2) is 0 Å². The predicted octanol–water partition coefficient (Wildman–Crippen LogP) is -0.0786. The summed E-state index contributed by atoms with van der Waals surface area (Å²) in [6, 6.07) is -0.801. The van der Waals surface area contributed by atoms with Crippen molar-refractivity contribution in [2.24, 2.45) is 5.29 Å². The largest absolute Gasteiger partial charge is 0.359 e. The van der Waals surface area contributed by atoms with Gasteiger partial charge in [0.1, 0.15) is 0 Å². The molecule has 0 aromatic heterocycles. The second-order valence-electron chi connectivity index (χ2n) is 2.03. The van der Waals surface area contributed by atoms with Crippen LogP contribution in [0.25, 0.3) is 0 Å². The zero-order valence-corrected chi connectivity index (χ0v) is 7.69. The molecule has 0 saturated heterocycles. The molecule has 0 spiro atoms. The van der Waals surface area contributed by atoms with Crippen LogP contribution in [0.3, 0.4) is 0 Å². The van der Waals surface area contributed by atoms with Gasteiger partial charge in [0, 0.05) is 12.9 Å². The molecule has 0 aliphatic heterocycles. The molecule has 0 aliphatic rings. The molecule has 0 unspecified atom stereocenters.